The molecule has 3 heteroatoms. The van der Waals surface area contributed by atoms with Crippen LogP contribution < -0.4 is 11.1 Å². The summed E-state index contributed by atoms with van der Waals surface area (Å²) >= 11 is 1.77. The van der Waals surface area contributed by atoms with E-state index in [-0.39, 0.29) is 0 Å². The first-order valence-electron chi connectivity index (χ1n) is 6.32. The molecule has 1 aromatic carbocycles. The first kappa shape index (κ1) is 13.1. The van der Waals surface area contributed by atoms with Crippen molar-refractivity contribution in [3.05, 3.63) is 51.7 Å². The molecule has 0 amide bonds. The number of hydrogen-bond donors (Lipinski definition) is 2. The second-order valence-corrected chi connectivity index (χ2v) is 5.35. The van der Waals surface area contributed by atoms with Crippen molar-refractivity contribution < 1.29 is 0 Å². The molecule has 1 heterocycles. The Hall–Kier alpha value is -1.32. The van der Waals surface area contributed by atoms with Gasteiger partial charge in [-0.1, -0.05) is 12.1 Å². The van der Waals surface area contributed by atoms with Gasteiger partial charge in [0, 0.05) is 12.2 Å². The summed E-state index contributed by atoms with van der Waals surface area (Å²) in [5, 5.41) is 7.91. The number of nitrogens with one attached hydrogen (secondary N) is 1. The fourth-order valence-corrected chi connectivity index (χ4v) is 2.81. The van der Waals surface area contributed by atoms with E-state index >= 15 is 0 Å². The molecule has 0 fully saturated rings. The predicted molar refractivity (Wildman–Crippen MR) is 79.9 cm³/mol. The first-order valence-corrected chi connectivity index (χ1v) is 7.27. The van der Waals surface area contributed by atoms with Crippen LogP contribution in [0.4, 0.5) is 5.69 Å². The van der Waals surface area contributed by atoms with Crippen LogP contribution in [0.25, 0.3) is 0 Å². The fraction of sp³-hybridized carbons (Fsp3) is 0.333. The van der Waals surface area contributed by atoms with Gasteiger partial charge in [0.15, 0.2) is 0 Å². The Bertz CT molecular complexity index is 491. The van der Waals surface area contributed by atoms with Crippen LogP contribution >= 0.6 is 11.3 Å². The Morgan fingerprint density at radius 3 is 2.89 bits per heavy atom. The summed E-state index contributed by atoms with van der Waals surface area (Å²) in [5.41, 5.74) is 10.7. The van der Waals surface area contributed by atoms with Crippen LogP contribution in [0.15, 0.2) is 35.0 Å². The van der Waals surface area contributed by atoms with Crippen LogP contribution in [0.3, 0.4) is 0 Å². The third-order valence-electron chi connectivity index (χ3n) is 3.05. The van der Waals surface area contributed by atoms with E-state index in [0.717, 1.165) is 31.6 Å². The summed E-state index contributed by atoms with van der Waals surface area (Å²) in [6, 6.07) is 8.15. The van der Waals surface area contributed by atoms with Gasteiger partial charge in [0.05, 0.1) is 0 Å². The molecule has 2 nitrogen and oxygen atoms in total. The minimum absolute atomic E-state index is 0.856. The number of aryl methyl sites for hydroxylation is 2. The molecule has 0 saturated heterocycles. The van der Waals surface area contributed by atoms with E-state index in [1.54, 1.807) is 11.3 Å². The van der Waals surface area contributed by atoms with Crippen molar-refractivity contribution in [2.24, 2.45) is 0 Å². The zero-order valence-corrected chi connectivity index (χ0v) is 11.6. The van der Waals surface area contributed by atoms with E-state index in [2.05, 4.69) is 35.1 Å². The molecular formula is C15H20N2S. The molecule has 18 heavy (non-hydrogen) atoms. The first-order chi connectivity index (χ1) is 8.75. The quantitative estimate of drug-likeness (QED) is 0.617. The lowest BCUT2D eigenvalue weighted by atomic mass is 10.1. The number of hydrogen-bond acceptors (Lipinski definition) is 3. The Kier molecular flexibility index (Phi) is 4.79. The molecule has 2 aromatic rings. The Morgan fingerprint density at radius 2 is 2.17 bits per heavy atom. The van der Waals surface area contributed by atoms with Crippen LogP contribution in [0.1, 0.15) is 23.1 Å². The van der Waals surface area contributed by atoms with E-state index in [1.165, 1.54) is 16.7 Å². The summed E-state index contributed by atoms with van der Waals surface area (Å²) in [7, 11) is 0. The van der Waals surface area contributed by atoms with Gasteiger partial charge in [0.25, 0.3) is 0 Å². The molecule has 0 radical (unpaired) electrons. The highest BCUT2D eigenvalue weighted by atomic mass is 32.1. The minimum Gasteiger partial charge on any atom is -0.399 e. The van der Waals surface area contributed by atoms with Crippen LogP contribution in [-0.2, 0) is 13.0 Å². The average Bonchev–Trinajstić information content (AvgIpc) is 2.75. The summed E-state index contributed by atoms with van der Waals surface area (Å²) in [6.45, 7) is 4.19. The molecule has 0 aliphatic carbocycles. The fourth-order valence-electron chi connectivity index (χ4n) is 1.96. The lowest BCUT2D eigenvalue weighted by Crippen LogP contribution is -2.15. The number of rotatable bonds is 6. The van der Waals surface area contributed by atoms with Crippen LogP contribution in [0, 0.1) is 6.92 Å². The molecule has 0 saturated carbocycles. The van der Waals surface area contributed by atoms with Crippen molar-refractivity contribution in [1.29, 1.82) is 0 Å². The van der Waals surface area contributed by atoms with Gasteiger partial charge in [-0.05, 0) is 65.9 Å². The van der Waals surface area contributed by atoms with Crippen molar-refractivity contribution >= 4 is 17.0 Å². The SMILES string of the molecule is Cc1cscc1CNCCCc1cccc(N)c1. The lowest BCUT2D eigenvalue weighted by Gasteiger charge is -2.05. The minimum atomic E-state index is 0.856. The highest BCUT2D eigenvalue weighted by Crippen LogP contribution is 2.13. The standard InChI is InChI=1S/C15H20N2S/c1-12-10-18-11-14(12)9-17-7-3-5-13-4-2-6-15(16)8-13/h2,4,6,8,10-11,17H,3,5,7,9,16H2,1H3. The van der Waals surface area contributed by atoms with Crippen molar-refractivity contribution in [1.82, 2.24) is 5.32 Å². The highest BCUT2D eigenvalue weighted by molar-refractivity contribution is 7.08. The normalized spacial score (nSPS) is 10.7. The summed E-state index contributed by atoms with van der Waals surface area (Å²) in [5.74, 6) is 0. The third-order valence-corrected chi connectivity index (χ3v) is 3.96. The molecule has 0 aliphatic rings. The number of benzene rings is 1. The topological polar surface area (TPSA) is 38.0 Å². The van der Waals surface area contributed by atoms with Crippen LogP contribution in [0.2, 0.25) is 0 Å². The molecule has 2 rings (SSSR count). The molecule has 0 unspecified atom stereocenters. The van der Waals surface area contributed by atoms with Crippen LogP contribution in [0.5, 0.6) is 0 Å². The molecule has 0 atom stereocenters. The molecule has 3 N–H and O–H groups in total. The monoisotopic (exact) mass is 260 g/mol. The Morgan fingerprint density at radius 1 is 1.28 bits per heavy atom. The second-order valence-electron chi connectivity index (χ2n) is 4.61. The van der Waals surface area contributed by atoms with Gasteiger partial charge in [-0.3, -0.25) is 0 Å². The van der Waals surface area contributed by atoms with E-state index in [0.29, 0.717) is 0 Å². The van der Waals surface area contributed by atoms with E-state index in [9.17, 15) is 0 Å². The maximum atomic E-state index is 5.76. The molecule has 0 aliphatic heterocycles. The summed E-state index contributed by atoms with van der Waals surface area (Å²) < 4.78 is 0. The van der Waals surface area contributed by atoms with Crippen molar-refractivity contribution in [2.45, 2.75) is 26.3 Å². The summed E-state index contributed by atoms with van der Waals surface area (Å²) in [6.07, 6.45) is 2.23. The number of nitrogen functional groups attached to an aromatic ring is 1. The Balaban J connectivity index is 1.66. The zero-order valence-electron chi connectivity index (χ0n) is 10.8. The second kappa shape index (κ2) is 6.57. The highest BCUT2D eigenvalue weighted by Gasteiger charge is 1.98. The van der Waals surface area contributed by atoms with Gasteiger partial charge >= 0.3 is 0 Å². The van der Waals surface area contributed by atoms with Gasteiger partial charge in [-0.15, -0.1) is 0 Å². The third kappa shape index (κ3) is 3.86. The largest absolute Gasteiger partial charge is 0.399 e. The zero-order chi connectivity index (χ0) is 12.8. The van der Waals surface area contributed by atoms with Gasteiger partial charge in [0.2, 0.25) is 0 Å². The Labute approximate surface area is 113 Å². The molecule has 0 bridgehead atoms. The average molecular weight is 260 g/mol. The maximum Gasteiger partial charge on any atom is 0.0316 e. The van der Waals surface area contributed by atoms with Gasteiger partial charge in [0.1, 0.15) is 0 Å². The van der Waals surface area contributed by atoms with Crippen molar-refractivity contribution in [3.63, 3.8) is 0 Å². The molecule has 1 aromatic heterocycles. The summed E-state index contributed by atoms with van der Waals surface area (Å²) in [4.78, 5) is 0. The lowest BCUT2D eigenvalue weighted by molar-refractivity contribution is 0.649. The molecule has 96 valence electrons. The number of nitrogens with two attached hydrogens (primary N) is 1. The van der Waals surface area contributed by atoms with Crippen molar-refractivity contribution in [3.8, 4) is 0 Å². The number of thiophene rings is 1. The van der Waals surface area contributed by atoms with Gasteiger partial charge in [-0.2, -0.15) is 11.3 Å². The van der Waals surface area contributed by atoms with Gasteiger partial charge in [-0.25, -0.2) is 0 Å². The predicted octanol–water partition coefficient (Wildman–Crippen LogP) is 3.36. The smallest absolute Gasteiger partial charge is 0.0316 e. The maximum absolute atomic E-state index is 5.76. The number of anilines is 1. The van der Waals surface area contributed by atoms with Crippen LogP contribution in [-0.4, -0.2) is 6.54 Å². The van der Waals surface area contributed by atoms with Gasteiger partial charge < -0.3 is 11.1 Å². The molecule has 0 spiro atoms. The van der Waals surface area contributed by atoms with Crippen molar-refractivity contribution in [2.75, 3.05) is 12.3 Å². The van der Waals surface area contributed by atoms with E-state index in [4.69, 9.17) is 5.73 Å². The van der Waals surface area contributed by atoms with E-state index < -0.39 is 0 Å². The van der Waals surface area contributed by atoms with E-state index in [1.807, 2.05) is 12.1 Å². The molecular weight excluding hydrogens is 240 g/mol.